The van der Waals surface area contributed by atoms with Crippen molar-refractivity contribution in [2.45, 2.75) is 13.3 Å². The number of amides is 1. The highest BCUT2D eigenvalue weighted by Crippen LogP contribution is 1.99. The molecule has 0 aromatic heterocycles. The number of carboxylic acids is 1. The third-order valence-electron chi connectivity index (χ3n) is 2.75. The lowest BCUT2D eigenvalue weighted by Gasteiger charge is -2.26. The van der Waals surface area contributed by atoms with Crippen LogP contribution in [-0.4, -0.2) is 61.3 Å². The van der Waals surface area contributed by atoms with Crippen LogP contribution in [0, 0.1) is 5.92 Å². The van der Waals surface area contributed by atoms with E-state index in [0.29, 0.717) is 45.8 Å². The van der Waals surface area contributed by atoms with Crippen molar-refractivity contribution in [3.05, 3.63) is 0 Å². The highest BCUT2D eigenvalue weighted by atomic mass is 16.5. The van der Waals surface area contributed by atoms with Crippen molar-refractivity contribution in [2.24, 2.45) is 5.92 Å². The van der Waals surface area contributed by atoms with Crippen molar-refractivity contribution in [3.63, 3.8) is 0 Å². The lowest BCUT2D eigenvalue weighted by molar-refractivity contribution is -0.140. The molecule has 0 spiro atoms. The Morgan fingerprint density at radius 1 is 1.41 bits per heavy atom. The van der Waals surface area contributed by atoms with Gasteiger partial charge in [-0.05, 0) is 0 Å². The number of carbonyl (C=O) groups excluding carboxylic acids is 1. The Balaban J connectivity index is 2.09. The summed E-state index contributed by atoms with van der Waals surface area (Å²) in [6.07, 6.45) is 0.409. The van der Waals surface area contributed by atoms with Crippen molar-refractivity contribution in [1.82, 2.24) is 10.2 Å². The number of nitrogens with zero attached hydrogens (tertiary/aromatic N) is 1. The predicted molar refractivity (Wildman–Crippen MR) is 61.7 cm³/mol. The van der Waals surface area contributed by atoms with Crippen molar-refractivity contribution in [1.29, 1.82) is 0 Å². The average Bonchev–Trinajstić information content (AvgIpc) is 2.35. The van der Waals surface area contributed by atoms with Crippen LogP contribution < -0.4 is 5.32 Å². The van der Waals surface area contributed by atoms with Gasteiger partial charge in [0.2, 0.25) is 5.91 Å². The molecule has 98 valence electrons. The van der Waals surface area contributed by atoms with E-state index >= 15 is 0 Å². The summed E-state index contributed by atoms with van der Waals surface area (Å²) in [5.74, 6) is -1.14. The van der Waals surface area contributed by atoms with E-state index in [2.05, 4.69) is 5.32 Å². The van der Waals surface area contributed by atoms with Crippen LogP contribution in [0.3, 0.4) is 0 Å². The summed E-state index contributed by atoms with van der Waals surface area (Å²) >= 11 is 0. The maximum atomic E-state index is 11.7. The smallest absolute Gasteiger partial charge is 0.307 e. The first kappa shape index (κ1) is 13.9. The van der Waals surface area contributed by atoms with E-state index < -0.39 is 11.9 Å². The van der Waals surface area contributed by atoms with Crippen LogP contribution in [0.25, 0.3) is 0 Å². The van der Waals surface area contributed by atoms with Crippen molar-refractivity contribution in [2.75, 3.05) is 39.4 Å². The molecule has 0 aromatic rings. The standard InChI is InChI=1S/C11H20N2O4/c1-9(11(15)16)8-12-3-2-10(14)13-4-6-17-7-5-13/h9,12H,2-8H2,1H3,(H,15,16). The van der Waals surface area contributed by atoms with Crippen LogP contribution in [0.1, 0.15) is 13.3 Å². The number of ether oxygens (including phenoxy) is 1. The maximum Gasteiger partial charge on any atom is 0.307 e. The fourth-order valence-electron chi connectivity index (χ4n) is 1.57. The number of aliphatic carboxylic acids is 1. The molecule has 17 heavy (non-hydrogen) atoms. The Bertz CT molecular complexity index is 264. The third-order valence-corrected chi connectivity index (χ3v) is 2.75. The molecular formula is C11H20N2O4. The van der Waals surface area contributed by atoms with Crippen molar-refractivity contribution >= 4 is 11.9 Å². The largest absolute Gasteiger partial charge is 0.481 e. The van der Waals surface area contributed by atoms with Gasteiger partial charge in [-0.15, -0.1) is 0 Å². The molecule has 1 saturated heterocycles. The quantitative estimate of drug-likeness (QED) is 0.618. The zero-order chi connectivity index (χ0) is 12.7. The summed E-state index contributed by atoms with van der Waals surface area (Å²) < 4.78 is 5.16. The Morgan fingerprint density at radius 2 is 2.06 bits per heavy atom. The summed E-state index contributed by atoms with van der Waals surface area (Å²) in [5, 5.41) is 11.6. The molecule has 6 nitrogen and oxygen atoms in total. The fourth-order valence-corrected chi connectivity index (χ4v) is 1.57. The number of rotatable bonds is 6. The summed E-state index contributed by atoms with van der Waals surface area (Å²) in [6.45, 7) is 5.08. The van der Waals surface area contributed by atoms with Gasteiger partial charge in [-0.3, -0.25) is 9.59 Å². The van der Waals surface area contributed by atoms with E-state index in [-0.39, 0.29) is 5.91 Å². The summed E-state index contributed by atoms with van der Waals surface area (Å²) in [6, 6.07) is 0. The molecule has 0 bridgehead atoms. The second kappa shape index (κ2) is 7.24. The number of carbonyl (C=O) groups is 2. The van der Waals surface area contributed by atoms with Gasteiger partial charge in [0, 0.05) is 32.6 Å². The molecule has 1 amide bonds. The SMILES string of the molecule is CC(CNCCC(=O)N1CCOCC1)C(=O)O. The zero-order valence-corrected chi connectivity index (χ0v) is 10.1. The first-order valence-corrected chi connectivity index (χ1v) is 5.90. The average molecular weight is 244 g/mol. The number of nitrogens with one attached hydrogen (secondary N) is 1. The molecule has 0 radical (unpaired) electrons. The van der Waals surface area contributed by atoms with Crippen molar-refractivity contribution in [3.8, 4) is 0 Å². The fraction of sp³-hybridized carbons (Fsp3) is 0.818. The molecule has 0 aromatic carbocycles. The Kier molecular flexibility index (Phi) is 5.93. The summed E-state index contributed by atoms with van der Waals surface area (Å²) in [4.78, 5) is 24.0. The summed E-state index contributed by atoms with van der Waals surface area (Å²) in [5.41, 5.74) is 0. The highest BCUT2D eigenvalue weighted by Gasteiger charge is 2.16. The third kappa shape index (κ3) is 5.14. The Morgan fingerprint density at radius 3 is 2.65 bits per heavy atom. The van der Waals surface area contributed by atoms with Crippen molar-refractivity contribution < 1.29 is 19.4 Å². The Labute approximate surface area is 101 Å². The van der Waals surface area contributed by atoms with Gasteiger partial charge in [0.05, 0.1) is 19.1 Å². The van der Waals surface area contributed by atoms with Crippen LogP contribution in [-0.2, 0) is 14.3 Å². The molecule has 1 heterocycles. The molecule has 0 aliphatic carbocycles. The van der Waals surface area contributed by atoms with Crippen LogP contribution >= 0.6 is 0 Å². The lowest BCUT2D eigenvalue weighted by Crippen LogP contribution is -2.41. The monoisotopic (exact) mass is 244 g/mol. The second-order valence-corrected chi connectivity index (χ2v) is 4.19. The van der Waals surface area contributed by atoms with E-state index in [0.717, 1.165) is 0 Å². The highest BCUT2D eigenvalue weighted by molar-refractivity contribution is 5.76. The molecule has 1 fully saturated rings. The molecule has 2 N–H and O–H groups in total. The number of hydrogen-bond acceptors (Lipinski definition) is 4. The molecule has 0 saturated carbocycles. The minimum absolute atomic E-state index is 0.101. The Hall–Kier alpha value is -1.14. The molecule has 1 unspecified atom stereocenters. The number of morpholine rings is 1. The van der Waals surface area contributed by atoms with E-state index in [4.69, 9.17) is 9.84 Å². The minimum atomic E-state index is -0.822. The number of carboxylic acid groups (broad SMARTS) is 1. The van der Waals surface area contributed by atoms with Crippen LogP contribution in [0.4, 0.5) is 0 Å². The number of hydrogen-bond donors (Lipinski definition) is 2. The molecule has 1 aliphatic heterocycles. The summed E-state index contributed by atoms with van der Waals surface area (Å²) in [7, 11) is 0. The normalized spacial score (nSPS) is 17.8. The van der Waals surface area contributed by atoms with E-state index in [9.17, 15) is 9.59 Å². The lowest BCUT2D eigenvalue weighted by atomic mass is 10.2. The van der Waals surface area contributed by atoms with Gasteiger partial charge in [-0.25, -0.2) is 0 Å². The molecule has 6 heteroatoms. The first-order valence-electron chi connectivity index (χ1n) is 5.90. The van der Waals surface area contributed by atoms with Gasteiger partial charge < -0.3 is 20.1 Å². The molecule has 1 aliphatic rings. The maximum absolute atomic E-state index is 11.7. The predicted octanol–water partition coefficient (Wildman–Crippen LogP) is -0.454. The topological polar surface area (TPSA) is 78.9 Å². The van der Waals surface area contributed by atoms with Gasteiger partial charge >= 0.3 is 5.97 Å². The molecule has 1 rings (SSSR count). The molecule has 1 atom stereocenters. The van der Waals surface area contributed by atoms with Gasteiger partial charge in [-0.1, -0.05) is 6.92 Å². The van der Waals surface area contributed by atoms with Crippen LogP contribution in [0.5, 0.6) is 0 Å². The minimum Gasteiger partial charge on any atom is -0.481 e. The van der Waals surface area contributed by atoms with Crippen LogP contribution in [0.15, 0.2) is 0 Å². The van der Waals surface area contributed by atoms with E-state index in [1.165, 1.54) is 0 Å². The van der Waals surface area contributed by atoms with Crippen LogP contribution in [0.2, 0.25) is 0 Å². The molecular weight excluding hydrogens is 224 g/mol. The van der Waals surface area contributed by atoms with Gasteiger partial charge in [-0.2, -0.15) is 0 Å². The van der Waals surface area contributed by atoms with Gasteiger partial charge in [0.15, 0.2) is 0 Å². The van der Waals surface area contributed by atoms with E-state index in [1.807, 2.05) is 0 Å². The first-order chi connectivity index (χ1) is 8.11. The van der Waals surface area contributed by atoms with Gasteiger partial charge in [0.25, 0.3) is 0 Å². The van der Waals surface area contributed by atoms with Gasteiger partial charge in [0.1, 0.15) is 0 Å². The second-order valence-electron chi connectivity index (χ2n) is 4.19. The van der Waals surface area contributed by atoms with E-state index in [1.54, 1.807) is 11.8 Å². The zero-order valence-electron chi connectivity index (χ0n) is 10.1.